The average Bonchev–Trinajstić information content (AvgIpc) is 3.07. The summed E-state index contributed by atoms with van der Waals surface area (Å²) in [5.41, 5.74) is 1.39. The van der Waals surface area contributed by atoms with Gasteiger partial charge < -0.3 is 9.63 Å². The van der Waals surface area contributed by atoms with Gasteiger partial charge in [-0.15, -0.1) is 0 Å². The van der Waals surface area contributed by atoms with Gasteiger partial charge in [0.05, 0.1) is 17.7 Å². The number of benzene rings is 3. The van der Waals surface area contributed by atoms with Crippen LogP contribution in [0.25, 0.3) is 33.4 Å². The summed E-state index contributed by atoms with van der Waals surface area (Å²) in [6, 6.07) is 17.3. The maximum absolute atomic E-state index is 14.1. The molecule has 0 amide bonds. The first-order valence-electron chi connectivity index (χ1n) is 7.72. The first-order chi connectivity index (χ1) is 12.2. The lowest BCUT2D eigenvalue weighted by atomic mass is 10.00. The van der Waals surface area contributed by atoms with Crippen LogP contribution in [0.4, 0.5) is 8.78 Å². The summed E-state index contributed by atoms with van der Waals surface area (Å²) in [7, 11) is 0. The summed E-state index contributed by atoms with van der Waals surface area (Å²) in [4.78, 5) is 0. The number of hydrogen-bond donors (Lipinski definition) is 1. The smallest absolute Gasteiger partial charge is 0.176 e. The maximum atomic E-state index is 14.1. The highest BCUT2D eigenvalue weighted by atomic mass is 19.2. The van der Waals surface area contributed by atoms with Crippen LogP contribution in [0.5, 0.6) is 0 Å². The van der Waals surface area contributed by atoms with Crippen LogP contribution in [0, 0.1) is 11.6 Å². The summed E-state index contributed by atoms with van der Waals surface area (Å²) in [5.74, 6) is -1.98. The molecule has 25 heavy (non-hydrogen) atoms. The van der Waals surface area contributed by atoms with Crippen molar-refractivity contribution in [3.05, 3.63) is 77.9 Å². The number of rotatable bonds is 3. The fraction of sp³-hybridized carbons (Fsp3) is 0.0500. The van der Waals surface area contributed by atoms with Gasteiger partial charge >= 0.3 is 0 Å². The van der Waals surface area contributed by atoms with Crippen LogP contribution in [0.1, 0.15) is 5.56 Å². The molecule has 1 heterocycles. The SMILES string of the molecule is OCc1c(-c2ccc3ccccc3c2)noc1-c1cccc(F)c1F. The molecule has 124 valence electrons. The number of halogens is 2. The van der Waals surface area contributed by atoms with E-state index in [1.807, 2.05) is 42.5 Å². The monoisotopic (exact) mass is 337 g/mol. The Kier molecular flexibility index (Phi) is 3.78. The van der Waals surface area contributed by atoms with Gasteiger partial charge in [-0.05, 0) is 29.0 Å². The van der Waals surface area contributed by atoms with Crippen LogP contribution < -0.4 is 0 Å². The zero-order valence-corrected chi connectivity index (χ0v) is 13.0. The second-order valence-corrected chi connectivity index (χ2v) is 5.66. The number of aliphatic hydroxyl groups is 1. The van der Waals surface area contributed by atoms with Gasteiger partial charge in [-0.2, -0.15) is 0 Å². The van der Waals surface area contributed by atoms with Crippen molar-refractivity contribution in [2.24, 2.45) is 0 Å². The van der Waals surface area contributed by atoms with Gasteiger partial charge in [0.2, 0.25) is 0 Å². The number of aromatic nitrogens is 1. The lowest BCUT2D eigenvalue weighted by Gasteiger charge is -2.04. The lowest BCUT2D eigenvalue weighted by molar-refractivity contribution is 0.281. The van der Waals surface area contributed by atoms with Crippen LogP contribution in [-0.2, 0) is 6.61 Å². The topological polar surface area (TPSA) is 46.3 Å². The molecule has 0 spiro atoms. The van der Waals surface area contributed by atoms with Gasteiger partial charge in [0.25, 0.3) is 0 Å². The Bertz CT molecular complexity index is 1070. The molecule has 3 aromatic carbocycles. The fourth-order valence-corrected chi connectivity index (χ4v) is 2.91. The predicted octanol–water partition coefficient (Wildman–Crippen LogP) is 4.93. The lowest BCUT2D eigenvalue weighted by Crippen LogP contribution is -1.93. The van der Waals surface area contributed by atoms with E-state index < -0.39 is 18.2 Å². The van der Waals surface area contributed by atoms with Crippen molar-refractivity contribution < 1.29 is 18.4 Å². The van der Waals surface area contributed by atoms with Gasteiger partial charge in [0.15, 0.2) is 17.4 Å². The van der Waals surface area contributed by atoms with E-state index in [-0.39, 0.29) is 11.3 Å². The van der Waals surface area contributed by atoms with Gasteiger partial charge in [0.1, 0.15) is 5.69 Å². The summed E-state index contributed by atoms with van der Waals surface area (Å²) in [6.45, 7) is -0.406. The quantitative estimate of drug-likeness (QED) is 0.576. The third-order valence-electron chi connectivity index (χ3n) is 4.17. The van der Waals surface area contributed by atoms with Crippen molar-refractivity contribution in [2.45, 2.75) is 6.61 Å². The molecule has 4 aromatic rings. The summed E-state index contributed by atoms with van der Waals surface area (Å²) < 4.78 is 32.8. The van der Waals surface area contributed by atoms with E-state index in [1.54, 1.807) is 0 Å². The van der Waals surface area contributed by atoms with Crippen molar-refractivity contribution in [1.82, 2.24) is 5.16 Å². The second kappa shape index (κ2) is 6.11. The molecule has 0 aliphatic carbocycles. The molecular formula is C20H13F2NO2. The molecule has 0 radical (unpaired) electrons. The molecule has 0 fully saturated rings. The minimum absolute atomic E-state index is 0.0302. The van der Waals surface area contributed by atoms with Gasteiger partial charge in [-0.3, -0.25) is 0 Å². The normalized spacial score (nSPS) is 11.2. The second-order valence-electron chi connectivity index (χ2n) is 5.66. The average molecular weight is 337 g/mol. The Morgan fingerprint density at radius 1 is 0.920 bits per heavy atom. The molecule has 0 saturated heterocycles. The minimum atomic E-state index is -1.03. The molecule has 0 atom stereocenters. The van der Waals surface area contributed by atoms with Crippen molar-refractivity contribution >= 4 is 10.8 Å². The molecule has 1 N–H and O–H groups in total. The highest BCUT2D eigenvalue weighted by Crippen LogP contribution is 2.35. The Morgan fingerprint density at radius 3 is 2.52 bits per heavy atom. The highest BCUT2D eigenvalue weighted by molar-refractivity contribution is 5.87. The van der Waals surface area contributed by atoms with E-state index in [9.17, 15) is 13.9 Å². The van der Waals surface area contributed by atoms with Crippen LogP contribution in [-0.4, -0.2) is 10.3 Å². The molecule has 0 bridgehead atoms. The molecule has 4 rings (SSSR count). The van der Waals surface area contributed by atoms with Crippen molar-refractivity contribution in [3.8, 4) is 22.6 Å². The first kappa shape index (κ1) is 15.5. The Labute approximate surface area is 142 Å². The summed E-state index contributed by atoms with van der Waals surface area (Å²) in [5, 5.41) is 15.8. The van der Waals surface area contributed by atoms with E-state index in [4.69, 9.17) is 4.52 Å². The van der Waals surface area contributed by atoms with Gasteiger partial charge in [-0.25, -0.2) is 8.78 Å². The van der Waals surface area contributed by atoms with Crippen molar-refractivity contribution in [3.63, 3.8) is 0 Å². The van der Waals surface area contributed by atoms with Gasteiger partial charge in [-0.1, -0.05) is 47.6 Å². The van der Waals surface area contributed by atoms with Crippen molar-refractivity contribution in [2.75, 3.05) is 0 Å². The molecule has 0 aliphatic rings. The Hall–Kier alpha value is -3.05. The minimum Gasteiger partial charge on any atom is -0.391 e. The van der Waals surface area contributed by atoms with Crippen LogP contribution >= 0.6 is 0 Å². The van der Waals surface area contributed by atoms with Crippen molar-refractivity contribution in [1.29, 1.82) is 0 Å². The van der Waals surface area contributed by atoms with Gasteiger partial charge in [0, 0.05) is 5.56 Å². The predicted molar refractivity (Wildman–Crippen MR) is 90.7 cm³/mol. The van der Waals surface area contributed by atoms with E-state index >= 15 is 0 Å². The number of aliphatic hydroxyl groups excluding tert-OH is 1. The molecule has 0 unspecified atom stereocenters. The van der Waals surface area contributed by atoms with Crippen LogP contribution in [0.3, 0.4) is 0 Å². The summed E-state index contributed by atoms with van der Waals surface area (Å²) >= 11 is 0. The largest absolute Gasteiger partial charge is 0.391 e. The number of fused-ring (bicyclic) bond motifs is 1. The Morgan fingerprint density at radius 2 is 1.72 bits per heavy atom. The molecule has 3 nitrogen and oxygen atoms in total. The summed E-state index contributed by atoms with van der Waals surface area (Å²) in [6.07, 6.45) is 0. The first-order valence-corrected chi connectivity index (χ1v) is 7.72. The fourth-order valence-electron chi connectivity index (χ4n) is 2.91. The molecular weight excluding hydrogens is 324 g/mol. The molecule has 0 aliphatic heterocycles. The molecule has 5 heteroatoms. The number of hydrogen-bond acceptors (Lipinski definition) is 3. The van der Waals surface area contributed by atoms with E-state index in [2.05, 4.69) is 5.16 Å². The Balaban J connectivity index is 1.88. The van der Waals surface area contributed by atoms with E-state index in [0.717, 1.165) is 22.4 Å². The highest BCUT2D eigenvalue weighted by Gasteiger charge is 2.22. The standard InChI is InChI=1S/C20H13F2NO2/c21-17-7-3-6-15(18(17)22)20-16(11-24)19(23-25-20)14-9-8-12-4-1-2-5-13(12)10-14/h1-10,24H,11H2. The maximum Gasteiger partial charge on any atom is 0.176 e. The van der Waals surface area contributed by atoms with Crippen LogP contribution in [0.15, 0.2) is 65.2 Å². The third-order valence-corrected chi connectivity index (χ3v) is 4.17. The van der Waals surface area contributed by atoms with E-state index in [0.29, 0.717) is 11.3 Å². The zero-order valence-electron chi connectivity index (χ0n) is 13.0. The number of nitrogens with zero attached hydrogens (tertiary/aromatic N) is 1. The third kappa shape index (κ3) is 2.58. The molecule has 1 aromatic heterocycles. The zero-order chi connectivity index (χ0) is 17.4. The van der Waals surface area contributed by atoms with E-state index in [1.165, 1.54) is 12.1 Å². The molecule has 0 saturated carbocycles. The van der Waals surface area contributed by atoms with Crippen LogP contribution in [0.2, 0.25) is 0 Å².